The summed E-state index contributed by atoms with van der Waals surface area (Å²) < 4.78 is 48.5. The quantitative estimate of drug-likeness (QED) is 0.190. The van der Waals surface area contributed by atoms with Gasteiger partial charge in [0.1, 0.15) is 17.1 Å². The van der Waals surface area contributed by atoms with Gasteiger partial charge in [0.25, 0.3) is 0 Å². The van der Waals surface area contributed by atoms with Crippen molar-refractivity contribution in [3.8, 4) is 0 Å². The van der Waals surface area contributed by atoms with Gasteiger partial charge in [0.05, 0.1) is 30.0 Å². The Bertz CT molecular complexity index is 1350. The molecule has 5 atom stereocenters. The summed E-state index contributed by atoms with van der Waals surface area (Å²) in [6.45, 7) is 1.28. The fourth-order valence-corrected chi connectivity index (χ4v) is 6.65. The molecule has 1 unspecified atom stereocenters. The summed E-state index contributed by atoms with van der Waals surface area (Å²) in [4.78, 5) is 31.8. The van der Waals surface area contributed by atoms with Gasteiger partial charge in [-0.15, -0.1) is 0 Å². The highest BCUT2D eigenvalue weighted by molar-refractivity contribution is 7.70. The Balaban J connectivity index is 1.51. The summed E-state index contributed by atoms with van der Waals surface area (Å²) in [5.74, 6) is -1.70. The zero-order valence-electron chi connectivity index (χ0n) is 18.8. The Kier molecular flexibility index (Phi) is 7.87. The maximum Gasteiger partial charge on any atom is 0.340 e. The van der Waals surface area contributed by atoms with Crippen LogP contribution in [-0.2, 0) is 18.4 Å². The summed E-state index contributed by atoms with van der Waals surface area (Å²) >= 11 is 6.24. The van der Waals surface area contributed by atoms with Crippen molar-refractivity contribution in [2.75, 3.05) is 17.8 Å². The first-order chi connectivity index (χ1) is 16.8. The highest BCUT2D eigenvalue weighted by atomic mass is 35.5. The minimum Gasteiger partial charge on any atom is -0.390 e. The maximum atomic E-state index is 13.6. The molecular weight excluding hydrogens is 541 g/mol. The van der Waals surface area contributed by atoms with Gasteiger partial charge in [0.15, 0.2) is 17.8 Å². The van der Waals surface area contributed by atoms with Crippen molar-refractivity contribution in [3.05, 3.63) is 53.1 Å². The Morgan fingerprint density at radius 1 is 1.33 bits per heavy atom. The van der Waals surface area contributed by atoms with Crippen LogP contribution in [0.15, 0.2) is 36.5 Å². The molecule has 0 spiro atoms. The molecule has 0 saturated carbocycles. The van der Waals surface area contributed by atoms with E-state index in [0.717, 1.165) is 0 Å². The Morgan fingerprint density at radius 2 is 2.08 bits per heavy atom. The Labute approximate surface area is 209 Å². The lowest BCUT2D eigenvalue weighted by molar-refractivity contribution is -0.0434. The molecule has 5 N–H and O–H groups in total. The van der Waals surface area contributed by atoms with Crippen LogP contribution in [0.5, 0.6) is 0 Å². The van der Waals surface area contributed by atoms with E-state index in [2.05, 4.69) is 15.4 Å². The van der Waals surface area contributed by atoms with E-state index in [1.54, 1.807) is 18.2 Å². The molecule has 36 heavy (non-hydrogen) atoms. The number of rotatable bonds is 9. The van der Waals surface area contributed by atoms with Crippen molar-refractivity contribution in [1.82, 2.24) is 14.8 Å². The number of halogens is 2. The van der Waals surface area contributed by atoms with Crippen LogP contribution in [0.25, 0.3) is 11.0 Å². The van der Waals surface area contributed by atoms with Crippen LogP contribution in [0, 0.1) is 5.82 Å². The van der Waals surface area contributed by atoms with Gasteiger partial charge in [-0.1, -0.05) is 23.7 Å². The largest absolute Gasteiger partial charge is 0.390 e. The van der Waals surface area contributed by atoms with Crippen molar-refractivity contribution >= 4 is 43.5 Å². The Hall–Kier alpha value is -1.92. The number of aliphatic hydroxyl groups is 1. The van der Waals surface area contributed by atoms with Crippen LogP contribution in [0.3, 0.4) is 0 Å². The van der Waals surface area contributed by atoms with Gasteiger partial charge in [-0.2, -0.15) is 5.10 Å². The van der Waals surface area contributed by atoms with E-state index in [0.29, 0.717) is 22.3 Å². The smallest absolute Gasteiger partial charge is 0.340 e. The third-order valence-corrected chi connectivity index (χ3v) is 9.19. The predicted molar refractivity (Wildman–Crippen MR) is 128 cm³/mol. The molecule has 1 aliphatic rings. The van der Waals surface area contributed by atoms with E-state index in [-0.39, 0.29) is 23.4 Å². The molecule has 1 saturated heterocycles. The van der Waals surface area contributed by atoms with E-state index in [1.807, 2.05) is 6.92 Å². The number of nitrogens with one attached hydrogen (secondary N) is 1. The van der Waals surface area contributed by atoms with E-state index < -0.39 is 46.1 Å². The lowest BCUT2D eigenvalue weighted by atomic mass is 10.1. The van der Waals surface area contributed by atoms with Crippen LogP contribution < -0.4 is 5.32 Å². The van der Waals surface area contributed by atoms with Crippen molar-refractivity contribution in [1.29, 1.82) is 0 Å². The van der Waals surface area contributed by atoms with E-state index >= 15 is 0 Å². The van der Waals surface area contributed by atoms with E-state index in [4.69, 9.17) is 30.6 Å². The molecule has 2 aromatic heterocycles. The van der Waals surface area contributed by atoms with Gasteiger partial charge in [0.2, 0.25) is 0 Å². The van der Waals surface area contributed by atoms with Gasteiger partial charge in [-0.25, -0.2) is 14.1 Å². The van der Waals surface area contributed by atoms with E-state index in [1.165, 1.54) is 23.0 Å². The standard InChI is InChI=1S/C20H24ClFN4O8P2/c1-11(12-3-2-4-13(22)5-12)24-15-6-18(21)25-20-14(15)8-23-26(20)19-7-16(27)17(34-19)9-33-36(31,32)10-35(28,29)30/h2-6,8,11,16-17,19,27H,7,9-10H2,1H3,(H,24,25)(H,31,32)(H2,28,29,30)/t11-,16-,17+,19+/m0/s1. The summed E-state index contributed by atoms with van der Waals surface area (Å²) in [6.07, 6.45) is -1.44. The van der Waals surface area contributed by atoms with Crippen molar-refractivity contribution < 1.29 is 42.6 Å². The molecule has 3 aromatic rings. The lowest BCUT2D eigenvalue weighted by Crippen LogP contribution is -2.26. The van der Waals surface area contributed by atoms with Crippen molar-refractivity contribution in [2.24, 2.45) is 0 Å². The number of fused-ring (bicyclic) bond motifs is 1. The number of hydrogen-bond donors (Lipinski definition) is 5. The molecule has 1 aliphatic heterocycles. The molecule has 0 bridgehead atoms. The normalized spacial score (nSPS) is 23.0. The summed E-state index contributed by atoms with van der Waals surface area (Å²) in [6, 6.07) is 7.49. The number of pyridine rings is 1. The number of aromatic nitrogens is 3. The third-order valence-electron chi connectivity index (χ3n) is 5.54. The molecule has 1 aromatic carbocycles. The summed E-state index contributed by atoms with van der Waals surface area (Å²) in [7, 11) is -9.39. The fourth-order valence-electron chi connectivity index (χ4n) is 3.89. The average Bonchev–Trinajstić information content (AvgIpc) is 3.33. The topological polar surface area (TPSA) is 176 Å². The highest BCUT2D eigenvalue weighted by Gasteiger charge is 2.39. The molecule has 1 fully saturated rings. The molecule has 12 nitrogen and oxygen atoms in total. The molecule has 196 valence electrons. The van der Waals surface area contributed by atoms with Crippen LogP contribution >= 0.6 is 26.8 Å². The summed E-state index contributed by atoms with van der Waals surface area (Å²) in [5.41, 5.74) is 1.64. The second kappa shape index (κ2) is 10.4. The number of anilines is 1. The molecule has 0 amide bonds. The number of hydrogen-bond acceptors (Lipinski definition) is 8. The van der Waals surface area contributed by atoms with Crippen molar-refractivity contribution in [2.45, 2.75) is 37.8 Å². The van der Waals surface area contributed by atoms with Gasteiger partial charge in [-0.3, -0.25) is 9.13 Å². The van der Waals surface area contributed by atoms with E-state index in [9.17, 15) is 23.5 Å². The monoisotopic (exact) mass is 564 g/mol. The SMILES string of the molecule is C[C@H](Nc1cc(Cl)nc2c1cnn2[C@H]1C[C@H](O)[C@@H](COP(=O)(O)CP(=O)(O)O)O1)c1cccc(F)c1. The number of ether oxygens (including phenoxy) is 1. The zero-order valence-corrected chi connectivity index (χ0v) is 21.4. The first-order valence-corrected chi connectivity index (χ1v) is 14.7. The van der Waals surface area contributed by atoms with Crippen LogP contribution in [0.2, 0.25) is 5.15 Å². The minimum absolute atomic E-state index is 0.0374. The second-order valence-electron chi connectivity index (χ2n) is 8.41. The number of nitrogens with zero attached hydrogens (tertiary/aromatic N) is 3. The lowest BCUT2D eigenvalue weighted by Gasteiger charge is -2.18. The zero-order chi connectivity index (χ0) is 26.3. The maximum absolute atomic E-state index is 13.6. The molecule has 16 heteroatoms. The van der Waals surface area contributed by atoms with Gasteiger partial charge in [-0.05, 0) is 30.7 Å². The third kappa shape index (κ3) is 6.49. The fraction of sp³-hybridized carbons (Fsp3) is 0.400. The van der Waals surface area contributed by atoms with Crippen LogP contribution in [0.1, 0.15) is 31.2 Å². The van der Waals surface area contributed by atoms with Gasteiger partial charge >= 0.3 is 15.2 Å². The highest BCUT2D eigenvalue weighted by Crippen LogP contribution is 2.55. The first kappa shape index (κ1) is 27.1. The molecule has 3 heterocycles. The van der Waals surface area contributed by atoms with Crippen LogP contribution in [0.4, 0.5) is 10.1 Å². The number of benzene rings is 1. The molecule has 0 aliphatic carbocycles. The van der Waals surface area contributed by atoms with Gasteiger partial charge < -0.3 is 34.4 Å². The predicted octanol–water partition coefficient (Wildman–Crippen LogP) is 3.38. The second-order valence-corrected chi connectivity index (χ2v) is 12.8. The average molecular weight is 565 g/mol. The van der Waals surface area contributed by atoms with Crippen molar-refractivity contribution in [3.63, 3.8) is 0 Å². The summed E-state index contributed by atoms with van der Waals surface area (Å²) in [5, 5.41) is 18.7. The molecule has 0 radical (unpaired) electrons. The Morgan fingerprint density at radius 3 is 2.78 bits per heavy atom. The minimum atomic E-state index is -4.79. The molecular formula is C20H24ClFN4O8P2. The number of aliphatic hydroxyl groups excluding tert-OH is 1. The van der Waals surface area contributed by atoms with Crippen LogP contribution in [-0.4, -0.2) is 59.3 Å². The molecule has 4 rings (SSSR count). The first-order valence-electron chi connectivity index (χ1n) is 10.7. The van der Waals surface area contributed by atoms with Gasteiger partial charge in [0, 0.05) is 12.5 Å².